The quantitative estimate of drug-likeness (QED) is 0.350. The van der Waals surface area contributed by atoms with Crippen LogP contribution in [-0.2, 0) is 27.9 Å². The van der Waals surface area contributed by atoms with Crippen LogP contribution in [0.15, 0.2) is 0 Å². The molecule has 19 heavy (non-hydrogen) atoms. The fourth-order valence-electron chi connectivity index (χ4n) is 1.03. The Morgan fingerprint density at radius 1 is 1.32 bits per heavy atom. The maximum Gasteiger partial charge on any atom is 0.697 e. The highest BCUT2D eigenvalue weighted by molar-refractivity contribution is 7.33. The van der Waals surface area contributed by atoms with Crippen molar-refractivity contribution in [1.29, 1.82) is 0 Å². The summed E-state index contributed by atoms with van der Waals surface area (Å²) in [5.41, 5.74) is -0.508. The number of hydrogen-bond donors (Lipinski definition) is 0. The van der Waals surface area contributed by atoms with Gasteiger partial charge in [0, 0.05) is 11.7 Å². The van der Waals surface area contributed by atoms with Gasteiger partial charge in [0.15, 0.2) is 0 Å². The molecule has 112 valence electrons. The van der Waals surface area contributed by atoms with Crippen molar-refractivity contribution in [2.24, 2.45) is 5.41 Å². The zero-order valence-electron chi connectivity index (χ0n) is 12.3. The summed E-state index contributed by atoms with van der Waals surface area (Å²) in [5.74, 6) is -0.289. The Bertz CT molecular complexity index is 292. The highest BCUT2D eigenvalue weighted by atomic mass is 31.1. The van der Waals surface area contributed by atoms with Crippen molar-refractivity contribution in [1.82, 2.24) is 0 Å². The minimum Gasteiger partial charge on any atom is -0.463 e. The van der Waals surface area contributed by atoms with Crippen molar-refractivity contribution in [2.45, 2.75) is 40.2 Å². The number of esters is 1. The largest absolute Gasteiger partial charge is 0.697 e. The third kappa shape index (κ3) is 8.26. The molecule has 0 heterocycles. The molecule has 0 saturated carbocycles. The maximum atomic E-state index is 11.6. The van der Waals surface area contributed by atoms with E-state index in [1.54, 1.807) is 6.92 Å². The highest BCUT2D eigenvalue weighted by Crippen LogP contribution is 2.26. The van der Waals surface area contributed by atoms with E-state index < -0.39 is 13.7 Å². The molecule has 0 rings (SSSR count). The van der Waals surface area contributed by atoms with Gasteiger partial charge in [0.1, 0.15) is 19.3 Å². The lowest BCUT2D eigenvalue weighted by Gasteiger charge is -2.19. The first kappa shape index (κ1) is 18.4. The molecule has 0 fully saturated rings. The molecule has 0 amide bonds. The molecule has 0 aliphatic heterocycles. The van der Waals surface area contributed by atoms with Crippen LogP contribution in [-0.4, -0.2) is 39.0 Å². The van der Waals surface area contributed by atoms with Gasteiger partial charge in [-0.15, -0.1) is 9.05 Å². The number of carbonyl (C=O) groups is 1. The zero-order chi connectivity index (χ0) is 14.9. The van der Waals surface area contributed by atoms with E-state index in [0.29, 0.717) is 13.0 Å². The van der Waals surface area contributed by atoms with Crippen molar-refractivity contribution < 1.29 is 27.9 Å². The lowest BCUT2D eigenvalue weighted by atomic mass is 9.91. The first-order valence-corrected chi connectivity index (χ1v) is 7.36. The SMILES string of the molecule is CCC(C)(C)C(=O)OCCO[P+](=O)OC(C)COC. The summed E-state index contributed by atoms with van der Waals surface area (Å²) in [5, 5.41) is 0. The standard InChI is InChI=1S/C12H24O6P/c1-6-12(3,4)11(13)16-7-8-17-19(14)18-10(2)9-15-5/h10H,6-9H2,1-5H3/q+1. The summed E-state index contributed by atoms with van der Waals surface area (Å²) in [6.45, 7) is 7.71. The van der Waals surface area contributed by atoms with Gasteiger partial charge >= 0.3 is 14.2 Å². The Labute approximate surface area is 115 Å². The molecule has 0 saturated heterocycles. The molecule has 2 atom stereocenters. The molecular weight excluding hydrogens is 271 g/mol. The fourth-order valence-corrected chi connectivity index (χ4v) is 1.67. The van der Waals surface area contributed by atoms with E-state index >= 15 is 0 Å². The van der Waals surface area contributed by atoms with Crippen LogP contribution in [0.1, 0.15) is 34.1 Å². The minimum atomic E-state index is -2.22. The first-order chi connectivity index (χ1) is 8.83. The lowest BCUT2D eigenvalue weighted by Crippen LogP contribution is -2.26. The zero-order valence-corrected chi connectivity index (χ0v) is 13.2. The van der Waals surface area contributed by atoms with Crippen LogP contribution in [0.2, 0.25) is 0 Å². The van der Waals surface area contributed by atoms with Crippen LogP contribution >= 0.6 is 8.25 Å². The number of methoxy groups -OCH3 is 1. The predicted octanol–water partition coefficient (Wildman–Crippen LogP) is 2.69. The van der Waals surface area contributed by atoms with E-state index in [4.69, 9.17) is 18.5 Å². The van der Waals surface area contributed by atoms with E-state index in [1.807, 2.05) is 20.8 Å². The van der Waals surface area contributed by atoms with Crippen LogP contribution in [0, 0.1) is 5.41 Å². The molecule has 0 aromatic heterocycles. The van der Waals surface area contributed by atoms with Crippen LogP contribution in [0.3, 0.4) is 0 Å². The van der Waals surface area contributed by atoms with Crippen molar-refractivity contribution in [3.05, 3.63) is 0 Å². The molecule has 0 aliphatic carbocycles. The van der Waals surface area contributed by atoms with Gasteiger partial charge in [-0.3, -0.25) is 4.79 Å². The Hall–Kier alpha value is -0.550. The predicted molar refractivity (Wildman–Crippen MR) is 71.0 cm³/mol. The number of rotatable bonds is 10. The third-order valence-corrected chi connectivity index (χ3v) is 3.54. The van der Waals surface area contributed by atoms with Gasteiger partial charge in [-0.2, -0.15) is 0 Å². The van der Waals surface area contributed by atoms with E-state index in [2.05, 4.69) is 0 Å². The maximum absolute atomic E-state index is 11.6. The normalized spacial score (nSPS) is 14.1. The Kier molecular flexibility index (Phi) is 9.10. The molecule has 0 aromatic carbocycles. The second-order valence-corrected chi connectivity index (χ2v) is 5.72. The molecule has 0 aromatic rings. The first-order valence-electron chi connectivity index (χ1n) is 6.26. The van der Waals surface area contributed by atoms with Crippen molar-refractivity contribution >= 4 is 14.2 Å². The van der Waals surface area contributed by atoms with E-state index in [-0.39, 0.29) is 25.3 Å². The molecule has 0 spiro atoms. The van der Waals surface area contributed by atoms with Crippen molar-refractivity contribution in [3.63, 3.8) is 0 Å². The van der Waals surface area contributed by atoms with E-state index in [9.17, 15) is 9.36 Å². The summed E-state index contributed by atoms with van der Waals surface area (Å²) < 4.78 is 31.1. The van der Waals surface area contributed by atoms with Crippen LogP contribution in [0.5, 0.6) is 0 Å². The third-order valence-electron chi connectivity index (χ3n) is 2.62. The molecule has 0 aliphatic rings. The number of carbonyl (C=O) groups excluding carboxylic acids is 1. The van der Waals surface area contributed by atoms with Crippen molar-refractivity contribution in [3.8, 4) is 0 Å². The molecule has 2 unspecified atom stereocenters. The summed E-state index contributed by atoms with van der Waals surface area (Å²) >= 11 is 0. The Morgan fingerprint density at radius 2 is 1.95 bits per heavy atom. The minimum absolute atomic E-state index is 0.0421. The molecule has 7 heteroatoms. The average molecular weight is 295 g/mol. The summed E-state index contributed by atoms with van der Waals surface area (Å²) in [7, 11) is -0.685. The molecule has 6 nitrogen and oxygen atoms in total. The summed E-state index contributed by atoms with van der Waals surface area (Å²) in [6, 6.07) is 0. The van der Waals surface area contributed by atoms with Crippen LogP contribution in [0.4, 0.5) is 0 Å². The second-order valence-electron chi connectivity index (χ2n) is 4.80. The van der Waals surface area contributed by atoms with Gasteiger partial charge in [0.2, 0.25) is 0 Å². The van der Waals surface area contributed by atoms with Gasteiger partial charge in [-0.1, -0.05) is 6.92 Å². The lowest BCUT2D eigenvalue weighted by molar-refractivity contribution is -0.154. The number of hydrogen-bond acceptors (Lipinski definition) is 6. The Balaban J connectivity index is 3.75. The van der Waals surface area contributed by atoms with Crippen LogP contribution in [0.25, 0.3) is 0 Å². The Morgan fingerprint density at radius 3 is 2.47 bits per heavy atom. The van der Waals surface area contributed by atoms with Gasteiger partial charge < -0.3 is 9.47 Å². The molecule has 0 radical (unpaired) electrons. The van der Waals surface area contributed by atoms with Gasteiger partial charge in [-0.05, 0) is 27.2 Å². The monoisotopic (exact) mass is 295 g/mol. The highest BCUT2D eigenvalue weighted by Gasteiger charge is 2.28. The number of ether oxygens (including phenoxy) is 2. The van der Waals surface area contributed by atoms with Crippen molar-refractivity contribution in [2.75, 3.05) is 26.9 Å². The average Bonchev–Trinajstić information content (AvgIpc) is 2.34. The fraction of sp³-hybridized carbons (Fsp3) is 0.917. The topological polar surface area (TPSA) is 71.1 Å². The van der Waals surface area contributed by atoms with E-state index in [0.717, 1.165) is 0 Å². The van der Waals surface area contributed by atoms with E-state index in [1.165, 1.54) is 7.11 Å². The van der Waals surface area contributed by atoms with Crippen LogP contribution < -0.4 is 0 Å². The van der Waals surface area contributed by atoms with Gasteiger partial charge in [0.05, 0.1) is 12.0 Å². The molecule has 0 N–H and O–H groups in total. The smallest absolute Gasteiger partial charge is 0.463 e. The second kappa shape index (κ2) is 9.37. The molecular formula is C12H24O6P+. The van der Waals surface area contributed by atoms with Gasteiger partial charge in [-0.25, -0.2) is 0 Å². The molecule has 0 bridgehead atoms. The summed E-state index contributed by atoms with van der Waals surface area (Å²) in [4.78, 5) is 11.6. The summed E-state index contributed by atoms with van der Waals surface area (Å²) in [6.07, 6.45) is 0.383. The van der Waals surface area contributed by atoms with Gasteiger partial charge in [0.25, 0.3) is 0 Å².